The molecule has 2 heterocycles. The zero-order valence-corrected chi connectivity index (χ0v) is 17.3. The molecule has 0 aromatic heterocycles. The van der Waals surface area contributed by atoms with Gasteiger partial charge in [0.15, 0.2) is 0 Å². The van der Waals surface area contributed by atoms with Crippen molar-refractivity contribution in [3.05, 3.63) is 58.7 Å². The monoisotopic (exact) mass is 386 g/mol. The first-order valence-corrected chi connectivity index (χ1v) is 11.5. The number of nitrogens with one attached hydrogen (secondary N) is 1. The summed E-state index contributed by atoms with van der Waals surface area (Å²) in [6, 6.07) is 12.5. The van der Waals surface area contributed by atoms with Crippen LogP contribution in [0.1, 0.15) is 77.4 Å². The molecule has 1 N–H and O–H groups in total. The average Bonchev–Trinajstić information content (AvgIpc) is 3.37. The number of carbonyl (C=O) groups excluding carboxylic acids is 1. The molecule has 4 aliphatic rings. The molecule has 29 heavy (non-hydrogen) atoms. The zero-order chi connectivity index (χ0) is 19.5. The van der Waals surface area contributed by atoms with Gasteiger partial charge < -0.3 is 10.2 Å². The molecule has 2 aromatic rings. The summed E-state index contributed by atoms with van der Waals surface area (Å²) < 4.78 is 0. The molecule has 2 fully saturated rings. The van der Waals surface area contributed by atoms with E-state index in [0.29, 0.717) is 11.8 Å². The fraction of sp³-hybridized carbons (Fsp3) is 0.500. The number of hydrogen-bond acceptors (Lipinski definition) is 2. The number of fused-ring (bicyclic) bond motifs is 4. The van der Waals surface area contributed by atoms with Crippen molar-refractivity contribution in [2.45, 2.75) is 57.3 Å². The maximum Gasteiger partial charge on any atom is 0.255 e. The lowest BCUT2D eigenvalue weighted by molar-refractivity contribution is 0.102. The second-order valence-corrected chi connectivity index (χ2v) is 9.83. The van der Waals surface area contributed by atoms with Gasteiger partial charge in [0.25, 0.3) is 5.91 Å². The van der Waals surface area contributed by atoms with E-state index in [2.05, 4.69) is 22.3 Å². The third-order valence-electron chi connectivity index (χ3n) is 8.05. The van der Waals surface area contributed by atoms with Gasteiger partial charge in [-0.1, -0.05) is 30.5 Å². The molecule has 0 bridgehead atoms. The summed E-state index contributed by atoms with van der Waals surface area (Å²) in [6.07, 6.45) is 8.06. The minimum atomic E-state index is 0.00951. The molecular formula is C26H30N2O. The number of hydrogen-bond donors (Lipinski definition) is 1. The molecule has 0 unspecified atom stereocenters. The van der Waals surface area contributed by atoms with Gasteiger partial charge in [-0.2, -0.15) is 0 Å². The van der Waals surface area contributed by atoms with Gasteiger partial charge in [0.05, 0.1) is 0 Å². The number of nitrogens with zero attached hydrogens (tertiary/aromatic N) is 1. The molecule has 2 aliphatic heterocycles. The highest BCUT2D eigenvalue weighted by atomic mass is 16.1. The Labute approximate surface area is 173 Å². The number of anilines is 2. The van der Waals surface area contributed by atoms with E-state index >= 15 is 0 Å². The van der Waals surface area contributed by atoms with Crippen LogP contribution in [-0.2, 0) is 0 Å². The first kappa shape index (κ1) is 17.6. The van der Waals surface area contributed by atoms with E-state index in [9.17, 15) is 4.79 Å². The van der Waals surface area contributed by atoms with Crippen molar-refractivity contribution in [2.24, 2.45) is 11.8 Å². The minimum Gasteiger partial charge on any atom is -0.370 e. The maximum atomic E-state index is 12.9. The fourth-order valence-corrected chi connectivity index (χ4v) is 6.83. The van der Waals surface area contributed by atoms with Crippen LogP contribution in [0.15, 0.2) is 36.4 Å². The minimum absolute atomic E-state index is 0.00951. The molecular weight excluding hydrogens is 356 g/mol. The Morgan fingerprint density at radius 1 is 0.931 bits per heavy atom. The van der Waals surface area contributed by atoms with Crippen molar-refractivity contribution in [3.63, 3.8) is 0 Å². The van der Waals surface area contributed by atoms with Gasteiger partial charge in [0, 0.05) is 30.0 Å². The van der Waals surface area contributed by atoms with Crippen molar-refractivity contribution >= 4 is 17.3 Å². The predicted molar refractivity (Wildman–Crippen MR) is 118 cm³/mol. The number of benzene rings is 2. The molecule has 1 amide bonds. The van der Waals surface area contributed by atoms with Crippen molar-refractivity contribution in [2.75, 3.05) is 23.3 Å². The second-order valence-electron chi connectivity index (χ2n) is 9.83. The molecule has 6 rings (SSSR count). The lowest BCUT2D eigenvalue weighted by atomic mass is 9.75. The summed E-state index contributed by atoms with van der Waals surface area (Å²) in [4.78, 5) is 15.7. The Hall–Kier alpha value is -2.29. The largest absolute Gasteiger partial charge is 0.370 e. The van der Waals surface area contributed by atoms with Gasteiger partial charge in [-0.15, -0.1) is 0 Å². The number of amides is 1. The van der Waals surface area contributed by atoms with Crippen LogP contribution in [0.25, 0.3) is 0 Å². The van der Waals surface area contributed by atoms with Crippen molar-refractivity contribution in [1.82, 2.24) is 0 Å². The highest BCUT2D eigenvalue weighted by Crippen LogP contribution is 2.56. The third-order valence-corrected chi connectivity index (χ3v) is 8.05. The second kappa shape index (κ2) is 6.62. The molecule has 3 heteroatoms. The summed E-state index contributed by atoms with van der Waals surface area (Å²) in [6.45, 7) is 4.54. The van der Waals surface area contributed by atoms with E-state index in [1.54, 1.807) is 5.69 Å². The van der Waals surface area contributed by atoms with E-state index in [1.807, 2.05) is 31.2 Å². The SMILES string of the molecule is Cc1cccc(C(=O)Nc2cc3c4c(c2)[C@@H]2CCC[C@@H]2CN4C[C@@H]2CCC[C@H]32)c1. The molecule has 2 aliphatic carbocycles. The lowest BCUT2D eigenvalue weighted by Gasteiger charge is -2.46. The Bertz CT molecular complexity index is 935. The molecule has 0 radical (unpaired) electrons. The van der Waals surface area contributed by atoms with Crippen molar-refractivity contribution < 1.29 is 4.79 Å². The van der Waals surface area contributed by atoms with Crippen LogP contribution in [0.4, 0.5) is 11.4 Å². The smallest absolute Gasteiger partial charge is 0.255 e. The number of aryl methyl sites for hydroxylation is 1. The molecule has 3 nitrogen and oxygen atoms in total. The Morgan fingerprint density at radius 2 is 1.59 bits per heavy atom. The first-order valence-electron chi connectivity index (χ1n) is 11.5. The Kier molecular flexibility index (Phi) is 4.01. The summed E-state index contributed by atoms with van der Waals surface area (Å²) in [7, 11) is 0. The van der Waals surface area contributed by atoms with Gasteiger partial charge in [0.2, 0.25) is 0 Å². The van der Waals surface area contributed by atoms with Gasteiger partial charge in [-0.3, -0.25) is 4.79 Å². The quantitative estimate of drug-likeness (QED) is 0.702. The van der Waals surface area contributed by atoms with Crippen LogP contribution < -0.4 is 10.2 Å². The lowest BCUT2D eigenvalue weighted by Crippen LogP contribution is -2.43. The van der Waals surface area contributed by atoms with Gasteiger partial charge in [0.1, 0.15) is 0 Å². The van der Waals surface area contributed by atoms with E-state index in [-0.39, 0.29) is 5.91 Å². The predicted octanol–water partition coefficient (Wildman–Crippen LogP) is 5.85. The number of rotatable bonds is 2. The van der Waals surface area contributed by atoms with E-state index in [0.717, 1.165) is 28.7 Å². The van der Waals surface area contributed by atoms with Crippen LogP contribution in [-0.4, -0.2) is 19.0 Å². The standard InChI is InChI=1S/C26H30N2O/c1-16-5-2-6-17(11-16)26(29)27-20-12-23-21-9-3-7-18(21)14-28-15-19-8-4-10-22(19)24(13-20)25(23)28/h2,5-6,11-13,18-19,21-22H,3-4,7-10,14-15H2,1H3,(H,27,29)/t18-,19+,21-,22+. The van der Waals surface area contributed by atoms with E-state index in [4.69, 9.17) is 0 Å². The average molecular weight is 387 g/mol. The molecule has 2 aromatic carbocycles. The molecule has 2 saturated carbocycles. The topological polar surface area (TPSA) is 32.3 Å². The molecule has 0 spiro atoms. The Balaban J connectivity index is 1.42. The fourth-order valence-electron chi connectivity index (χ4n) is 6.83. The highest BCUT2D eigenvalue weighted by Gasteiger charge is 2.44. The van der Waals surface area contributed by atoms with Crippen LogP contribution in [0.5, 0.6) is 0 Å². The zero-order valence-electron chi connectivity index (χ0n) is 17.3. The van der Waals surface area contributed by atoms with Crippen molar-refractivity contribution in [3.8, 4) is 0 Å². The first-order chi connectivity index (χ1) is 14.2. The van der Waals surface area contributed by atoms with Gasteiger partial charge >= 0.3 is 0 Å². The van der Waals surface area contributed by atoms with Crippen LogP contribution in [0.3, 0.4) is 0 Å². The summed E-state index contributed by atoms with van der Waals surface area (Å²) in [5.74, 6) is 2.99. The number of carbonyl (C=O) groups is 1. The maximum absolute atomic E-state index is 12.9. The normalized spacial score (nSPS) is 29.2. The Morgan fingerprint density at radius 3 is 2.21 bits per heavy atom. The van der Waals surface area contributed by atoms with E-state index in [1.165, 1.54) is 62.7 Å². The summed E-state index contributed by atoms with van der Waals surface area (Å²) >= 11 is 0. The molecule has 4 atom stereocenters. The van der Waals surface area contributed by atoms with E-state index < -0.39 is 0 Å². The molecule has 0 saturated heterocycles. The van der Waals surface area contributed by atoms with Gasteiger partial charge in [-0.05, 0) is 91.7 Å². The summed E-state index contributed by atoms with van der Waals surface area (Å²) in [5.41, 5.74) is 7.48. The van der Waals surface area contributed by atoms with Crippen molar-refractivity contribution in [1.29, 1.82) is 0 Å². The van der Waals surface area contributed by atoms with Crippen LogP contribution in [0.2, 0.25) is 0 Å². The summed E-state index contributed by atoms with van der Waals surface area (Å²) in [5, 5.41) is 3.25. The van der Waals surface area contributed by atoms with Gasteiger partial charge in [-0.25, -0.2) is 0 Å². The molecule has 150 valence electrons. The highest BCUT2D eigenvalue weighted by molar-refractivity contribution is 6.04. The third kappa shape index (κ3) is 2.81. The van der Waals surface area contributed by atoms with Crippen LogP contribution >= 0.6 is 0 Å². The van der Waals surface area contributed by atoms with Crippen LogP contribution in [0, 0.1) is 18.8 Å².